The maximum atomic E-state index is 13.4. The standard InChI is InChI=1S/C15H20FN3O2/c1-10-18-14(19-21-10)9-20-13-6-5-12(16)7-11(13)8-17-15(2,3)4/h5-7,17H,8-9H2,1-4H3. The molecule has 0 spiro atoms. The van der Waals surface area contributed by atoms with E-state index in [1.54, 1.807) is 13.0 Å². The highest BCUT2D eigenvalue weighted by atomic mass is 19.1. The predicted molar refractivity (Wildman–Crippen MR) is 76.4 cm³/mol. The molecule has 0 aliphatic rings. The van der Waals surface area contributed by atoms with Gasteiger partial charge in [-0.1, -0.05) is 5.16 Å². The van der Waals surface area contributed by atoms with E-state index in [2.05, 4.69) is 36.2 Å². The van der Waals surface area contributed by atoms with Crippen molar-refractivity contribution in [3.05, 3.63) is 41.3 Å². The number of ether oxygens (including phenoxy) is 1. The first-order valence-corrected chi connectivity index (χ1v) is 6.79. The van der Waals surface area contributed by atoms with E-state index in [4.69, 9.17) is 9.26 Å². The van der Waals surface area contributed by atoms with E-state index in [1.807, 2.05) is 0 Å². The first-order chi connectivity index (χ1) is 9.83. The van der Waals surface area contributed by atoms with Crippen LogP contribution in [-0.2, 0) is 13.2 Å². The Hall–Kier alpha value is -1.95. The number of nitrogens with one attached hydrogen (secondary N) is 1. The molecule has 5 nitrogen and oxygen atoms in total. The van der Waals surface area contributed by atoms with E-state index in [0.29, 0.717) is 24.0 Å². The van der Waals surface area contributed by atoms with Gasteiger partial charge in [-0.15, -0.1) is 0 Å². The summed E-state index contributed by atoms with van der Waals surface area (Å²) >= 11 is 0. The molecule has 0 amide bonds. The van der Waals surface area contributed by atoms with E-state index in [1.165, 1.54) is 12.1 Å². The summed E-state index contributed by atoms with van der Waals surface area (Å²) in [5.74, 6) is 1.27. The number of nitrogens with zero attached hydrogens (tertiary/aromatic N) is 2. The van der Waals surface area contributed by atoms with Gasteiger partial charge < -0.3 is 14.6 Å². The van der Waals surface area contributed by atoms with Gasteiger partial charge in [0.1, 0.15) is 11.6 Å². The molecule has 1 aromatic carbocycles. The minimum atomic E-state index is -0.288. The van der Waals surface area contributed by atoms with E-state index < -0.39 is 0 Å². The largest absolute Gasteiger partial charge is 0.485 e. The summed E-state index contributed by atoms with van der Waals surface area (Å²) in [5, 5.41) is 7.07. The van der Waals surface area contributed by atoms with Crippen molar-refractivity contribution in [3.8, 4) is 5.75 Å². The molecule has 0 saturated carbocycles. The third-order valence-electron chi connectivity index (χ3n) is 2.76. The summed E-state index contributed by atoms with van der Waals surface area (Å²) in [7, 11) is 0. The highest BCUT2D eigenvalue weighted by Crippen LogP contribution is 2.21. The maximum Gasteiger partial charge on any atom is 0.223 e. The number of halogens is 1. The number of aromatic nitrogens is 2. The molecule has 1 aromatic heterocycles. The topological polar surface area (TPSA) is 60.2 Å². The van der Waals surface area contributed by atoms with Crippen molar-refractivity contribution in [2.24, 2.45) is 0 Å². The average Bonchev–Trinajstić information content (AvgIpc) is 2.80. The number of hydrogen-bond acceptors (Lipinski definition) is 5. The van der Waals surface area contributed by atoms with Crippen LogP contribution in [0.15, 0.2) is 22.7 Å². The van der Waals surface area contributed by atoms with Crippen molar-refractivity contribution in [3.63, 3.8) is 0 Å². The monoisotopic (exact) mass is 293 g/mol. The van der Waals surface area contributed by atoms with Gasteiger partial charge in [0.25, 0.3) is 0 Å². The Labute approximate surface area is 123 Å². The Kier molecular flexibility index (Phi) is 4.57. The van der Waals surface area contributed by atoms with Crippen LogP contribution in [0.4, 0.5) is 4.39 Å². The lowest BCUT2D eigenvalue weighted by Crippen LogP contribution is -2.35. The third kappa shape index (κ3) is 4.82. The Morgan fingerprint density at radius 1 is 1.33 bits per heavy atom. The number of hydrogen-bond donors (Lipinski definition) is 1. The van der Waals surface area contributed by atoms with Gasteiger partial charge in [-0.05, 0) is 39.0 Å². The van der Waals surface area contributed by atoms with Crippen LogP contribution in [0.5, 0.6) is 5.75 Å². The normalized spacial score (nSPS) is 11.7. The fraction of sp³-hybridized carbons (Fsp3) is 0.467. The summed E-state index contributed by atoms with van der Waals surface area (Å²) in [6, 6.07) is 4.45. The van der Waals surface area contributed by atoms with Crippen molar-refractivity contribution in [2.75, 3.05) is 0 Å². The lowest BCUT2D eigenvalue weighted by Gasteiger charge is -2.21. The Morgan fingerprint density at radius 3 is 2.71 bits per heavy atom. The highest BCUT2D eigenvalue weighted by molar-refractivity contribution is 5.34. The lowest BCUT2D eigenvalue weighted by molar-refractivity contribution is 0.280. The molecule has 0 bridgehead atoms. The Morgan fingerprint density at radius 2 is 2.10 bits per heavy atom. The van der Waals surface area contributed by atoms with Crippen LogP contribution in [0.25, 0.3) is 0 Å². The zero-order chi connectivity index (χ0) is 15.5. The summed E-state index contributed by atoms with van der Waals surface area (Å²) in [6.07, 6.45) is 0. The molecule has 2 aromatic rings. The van der Waals surface area contributed by atoms with E-state index in [9.17, 15) is 4.39 Å². The van der Waals surface area contributed by atoms with Gasteiger partial charge in [0.2, 0.25) is 11.7 Å². The Balaban J connectivity index is 2.07. The molecule has 0 fully saturated rings. The van der Waals surface area contributed by atoms with Crippen LogP contribution in [0.3, 0.4) is 0 Å². The van der Waals surface area contributed by atoms with Gasteiger partial charge in [-0.3, -0.25) is 0 Å². The predicted octanol–water partition coefficient (Wildman–Crippen LogP) is 2.98. The second-order valence-electron chi connectivity index (χ2n) is 5.87. The average molecular weight is 293 g/mol. The molecule has 1 N–H and O–H groups in total. The first kappa shape index (κ1) is 15.4. The third-order valence-corrected chi connectivity index (χ3v) is 2.76. The molecule has 114 valence electrons. The summed E-state index contributed by atoms with van der Waals surface area (Å²) in [4.78, 5) is 4.07. The quantitative estimate of drug-likeness (QED) is 0.918. The maximum absolute atomic E-state index is 13.4. The van der Waals surface area contributed by atoms with Gasteiger partial charge in [-0.25, -0.2) is 4.39 Å². The molecular weight excluding hydrogens is 273 g/mol. The molecule has 0 aliphatic heterocycles. The molecule has 2 rings (SSSR count). The van der Waals surface area contributed by atoms with Crippen molar-refractivity contribution in [1.82, 2.24) is 15.5 Å². The molecule has 0 atom stereocenters. The fourth-order valence-electron chi connectivity index (χ4n) is 1.73. The van der Waals surface area contributed by atoms with Crippen LogP contribution < -0.4 is 10.1 Å². The van der Waals surface area contributed by atoms with E-state index in [0.717, 1.165) is 5.56 Å². The van der Waals surface area contributed by atoms with Crippen LogP contribution in [0, 0.1) is 12.7 Å². The van der Waals surface area contributed by atoms with E-state index in [-0.39, 0.29) is 18.0 Å². The van der Waals surface area contributed by atoms with Crippen LogP contribution in [-0.4, -0.2) is 15.7 Å². The van der Waals surface area contributed by atoms with E-state index >= 15 is 0 Å². The SMILES string of the molecule is Cc1nc(COc2ccc(F)cc2CNC(C)(C)C)no1. The van der Waals surface area contributed by atoms with Gasteiger partial charge in [0.05, 0.1) is 0 Å². The molecule has 0 aliphatic carbocycles. The van der Waals surface area contributed by atoms with Crippen molar-refractivity contribution < 1.29 is 13.7 Å². The zero-order valence-electron chi connectivity index (χ0n) is 12.7. The minimum Gasteiger partial charge on any atom is -0.485 e. The van der Waals surface area contributed by atoms with Gasteiger partial charge in [0, 0.05) is 24.6 Å². The smallest absolute Gasteiger partial charge is 0.223 e. The molecule has 21 heavy (non-hydrogen) atoms. The molecule has 6 heteroatoms. The first-order valence-electron chi connectivity index (χ1n) is 6.79. The Bertz CT molecular complexity index is 605. The van der Waals surface area contributed by atoms with Crippen LogP contribution in [0.2, 0.25) is 0 Å². The summed E-state index contributed by atoms with van der Waals surface area (Å²) in [6.45, 7) is 8.57. The second kappa shape index (κ2) is 6.22. The van der Waals surface area contributed by atoms with Gasteiger partial charge >= 0.3 is 0 Å². The molecule has 0 unspecified atom stereocenters. The fourth-order valence-corrected chi connectivity index (χ4v) is 1.73. The molecule has 0 radical (unpaired) electrons. The van der Waals surface area contributed by atoms with Crippen LogP contribution in [0.1, 0.15) is 38.0 Å². The van der Waals surface area contributed by atoms with Crippen molar-refractivity contribution >= 4 is 0 Å². The lowest BCUT2D eigenvalue weighted by atomic mass is 10.1. The number of aryl methyl sites for hydroxylation is 1. The minimum absolute atomic E-state index is 0.0611. The van der Waals surface area contributed by atoms with Crippen molar-refractivity contribution in [1.29, 1.82) is 0 Å². The second-order valence-corrected chi connectivity index (χ2v) is 5.87. The number of rotatable bonds is 5. The highest BCUT2D eigenvalue weighted by Gasteiger charge is 2.12. The van der Waals surface area contributed by atoms with Crippen LogP contribution >= 0.6 is 0 Å². The summed E-state index contributed by atoms with van der Waals surface area (Å²) in [5.41, 5.74) is 0.694. The van der Waals surface area contributed by atoms with Gasteiger partial charge in [0.15, 0.2) is 6.61 Å². The van der Waals surface area contributed by atoms with Gasteiger partial charge in [-0.2, -0.15) is 4.98 Å². The van der Waals surface area contributed by atoms with Crippen molar-refractivity contribution in [2.45, 2.75) is 46.4 Å². The molecule has 1 heterocycles. The molecule has 0 saturated heterocycles. The number of benzene rings is 1. The zero-order valence-corrected chi connectivity index (χ0v) is 12.7. The molecular formula is C15H20FN3O2. The summed E-state index contributed by atoms with van der Waals surface area (Å²) < 4.78 is 24.0.